The van der Waals surface area contributed by atoms with E-state index in [4.69, 9.17) is 5.73 Å². The molecule has 2 heterocycles. The molecule has 1 aromatic heterocycles. The van der Waals surface area contributed by atoms with Gasteiger partial charge in [-0.25, -0.2) is 9.07 Å². The standard InChI is InChI=1S/C17H21FN4O2/c18-13-2-4-14(5-3-13)22-15(6-8-20-22)11-21-9-1-7-17(24,12-21)10-16(19)23/h2-6,8,24H,1,7,9-12H2,(H2,19,23). The fourth-order valence-corrected chi connectivity index (χ4v) is 3.30. The number of carbonyl (C=O) groups excluding carboxylic acids is 1. The van der Waals surface area contributed by atoms with E-state index in [1.54, 1.807) is 23.0 Å². The third-order valence-electron chi connectivity index (χ3n) is 4.32. The lowest BCUT2D eigenvalue weighted by molar-refractivity contribution is -0.125. The Labute approximate surface area is 139 Å². The Morgan fingerprint density at radius 3 is 2.79 bits per heavy atom. The van der Waals surface area contributed by atoms with Crippen molar-refractivity contribution in [3.63, 3.8) is 0 Å². The number of halogens is 1. The summed E-state index contributed by atoms with van der Waals surface area (Å²) >= 11 is 0. The van der Waals surface area contributed by atoms with E-state index in [1.807, 2.05) is 6.07 Å². The minimum absolute atomic E-state index is 0.0271. The quantitative estimate of drug-likeness (QED) is 0.862. The number of carbonyl (C=O) groups is 1. The molecule has 0 saturated carbocycles. The van der Waals surface area contributed by atoms with Crippen molar-refractivity contribution in [3.05, 3.63) is 48.0 Å². The SMILES string of the molecule is NC(=O)CC1(O)CCCN(Cc2ccnn2-c2ccc(F)cc2)C1. The van der Waals surface area contributed by atoms with Crippen molar-refractivity contribution in [2.24, 2.45) is 5.73 Å². The second-order valence-corrected chi connectivity index (χ2v) is 6.39. The maximum atomic E-state index is 13.1. The lowest BCUT2D eigenvalue weighted by atomic mass is 9.89. The van der Waals surface area contributed by atoms with Gasteiger partial charge in [0.05, 0.1) is 23.4 Å². The average molecular weight is 332 g/mol. The number of nitrogens with zero attached hydrogens (tertiary/aromatic N) is 3. The van der Waals surface area contributed by atoms with Crippen LogP contribution in [0.1, 0.15) is 25.0 Å². The van der Waals surface area contributed by atoms with Crippen LogP contribution in [0.15, 0.2) is 36.5 Å². The van der Waals surface area contributed by atoms with Crippen LogP contribution >= 0.6 is 0 Å². The minimum Gasteiger partial charge on any atom is -0.388 e. The summed E-state index contributed by atoms with van der Waals surface area (Å²) in [6.07, 6.45) is 3.04. The van der Waals surface area contributed by atoms with Gasteiger partial charge in [-0.05, 0) is 49.7 Å². The number of benzene rings is 1. The molecule has 1 saturated heterocycles. The van der Waals surface area contributed by atoms with Crippen molar-refractivity contribution in [2.75, 3.05) is 13.1 Å². The van der Waals surface area contributed by atoms with Crippen LogP contribution in [-0.2, 0) is 11.3 Å². The summed E-state index contributed by atoms with van der Waals surface area (Å²) in [6.45, 7) is 1.80. The number of likely N-dealkylation sites (tertiary alicyclic amines) is 1. The maximum absolute atomic E-state index is 13.1. The third-order valence-corrected chi connectivity index (χ3v) is 4.32. The zero-order chi connectivity index (χ0) is 17.2. The summed E-state index contributed by atoms with van der Waals surface area (Å²) < 4.78 is 14.8. The van der Waals surface area contributed by atoms with Gasteiger partial charge in [-0.3, -0.25) is 9.69 Å². The van der Waals surface area contributed by atoms with Gasteiger partial charge in [0.1, 0.15) is 5.82 Å². The molecule has 0 bridgehead atoms. The molecular weight excluding hydrogens is 311 g/mol. The Morgan fingerprint density at radius 1 is 1.33 bits per heavy atom. The highest BCUT2D eigenvalue weighted by Crippen LogP contribution is 2.25. The number of nitrogens with two attached hydrogens (primary N) is 1. The van der Waals surface area contributed by atoms with Crippen LogP contribution in [0.2, 0.25) is 0 Å². The number of β-amino-alcohol motifs (C(OH)–C–C–N with tert-alkyl or cyclic N) is 1. The van der Waals surface area contributed by atoms with Crippen molar-refractivity contribution in [2.45, 2.75) is 31.4 Å². The number of primary amides is 1. The smallest absolute Gasteiger partial charge is 0.220 e. The molecule has 0 radical (unpaired) electrons. The van der Waals surface area contributed by atoms with Crippen molar-refractivity contribution < 1.29 is 14.3 Å². The average Bonchev–Trinajstić information content (AvgIpc) is 2.95. The van der Waals surface area contributed by atoms with Gasteiger partial charge in [0, 0.05) is 19.3 Å². The van der Waals surface area contributed by atoms with Gasteiger partial charge in [0.15, 0.2) is 0 Å². The molecule has 1 aliphatic rings. The highest BCUT2D eigenvalue weighted by Gasteiger charge is 2.34. The molecule has 7 heteroatoms. The van der Waals surface area contributed by atoms with Gasteiger partial charge >= 0.3 is 0 Å². The van der Waals surface area contributed by atoms with E-state index in [2.05, 4.69) is 10.00 Å². The molecule has 128 valence electrons. The Bertz CT molecular complexity index is 716. The predicted molar refractivity (Wildman–Crippen MR) is 86.8 cm³/mol. The Balaban J connectivity index is 1.74. The Kier molecular flexibility index (Phi) is 4.64. The van der Waals surface area contributed by atoms with E-state index < -0.39 is 11.5 Å². The van der Waals surface area contributed by atoms with E-state index in [-0.39, 0.29) is 12.2 Å². The van der Waals surface area contributed by atoms with Gasteiger partial charge in [0.2, 0.25) is 5.91 Å². The van der Waals surface area contributed by atoms with Crippen LogP contribution in [-0.4, -0.2) is 44.4 Å². The van der Waals surface area contributed by atoms with Crippen molar-refractivity contribution >= 4 is 5.91 Å². The van der Waals surface area contributed by atoms with Crippen molar-refractivity contribution in [3.8, 4) is 5.69 Å². The molecule has 1 aliphatic heterocycles. The molecule has 6 nitrogen and oxygen atoms in total. The van der Waals surface area contributed by atoms with Crippen LogP contribution in [0.3, 0.4) is 0 Å². The fourth-order valence-electron chi connectivity index (χ4n) is 3.30. The summed E-state index contributed by atoms with van der Waals surface area (Å²) in [7, 11) is 0. The van der Waals surface area contributed by atoms with Crippen molar-refractivity contribution in [1.82, 2.24) is 14.7 Å². The number of piperidine rings is 1. The minimum atomic E-state index is -1.06. The normalized spacial score (nSPS) is 21.8. The molecular formula is C17H21FN4O2. The highest BCUT2D eigenvalue weighted by atomic mass is 19.1. The summed E-state index contributed by atoms with van der Waals surface area (Å²) in [5.74, 6) is -0.782. The van der Waals surface area contributed by atoms with Gasteiger partial charge in [-0.2, -0.15) is 5.10 Å². The summed E-state index contributed by atoms with van der Waals surface area (Å²) in [5, 5.41) is 14.8. The summed E-state index contributed by atoms with van der Waals surface area (Å²) in [6, 6.07) is 8.03. The molecule has 1 atom stereocenters. The van der Waals surface area contributed by atoms with E-state index in [0.717, 1.165) is 24.3 Å². The van der Waals surface area contributed by atoms with Crippen molar-refractivity contribution in [1.29, 1.82) is 0 Å². The fraction of sp³-hybridized carbons (Fsp3) is 0.412. The molecule has 2 aromatic rings. The zero-order valence-electron chi connectivity index (χ0n) is 13.4. The summed E-state index contributed by atoms with van der Waals surface area (Å²) in [4.78, 5) is 13.2. The Morgan fingerprint density at radius 2 is 2.08 bits per heavy atom. The molecule has 1 fully saturated rings. The number of rotatable bonds is 5. The zero-order valence-corrected chi connectivity index (χ0v) is 13.4. The monoisotopic (exact) mass is 332 g/mol. The molecule has 3 rings (SSSR count). The third kappa shape index (κ3) is 3.80. The molecule has 1 unspecified atom stereocenters. The van der Waals surface area contributed by atoms with E-state index >= 15 is 0 Å². The number of aromatic nitrogens is 2. The van der Waals surface area contributed by atoms with Crippen LogP contribution in [0.5, 0.6) is 0 Å². The van der Waals surface area contributed by atoms with Crippen LogP contribution in [0.4, 0.5) is 4.39 Å². The maximum Gasteiger partial charge on any atom is 0.220 e. The topological polar surface area (TPSA) is 84.4 Å². The van der Waals surface area contributed by atoms with Crippen LogP contribution < -0.4 is 5.73 Å². The molecule has 24 heavy (non-hydrogen) atoms. The number of hydrogen-bond donors (Lipinski definition) is 2. The second-order valence-electron chi connectivity index (χ2n) is 6.39. The highest BCUT2D eigenvalue weighted by molar-refractivity contribution is 5.75. The van der Waals surface area contributed by atoms with E-state index in [9.17, 15) is 14.3 Å². The first-order valence-corrected chi connectivity index (χ1v) is 7.97. The van der Waals surface area contributed by atoms with Gasteiger partial charge in [-0.15, -0.1) is 0 Å². The molecule has 1 aromatic carbocycles. The molecule has 0 spiro atoms. The predicted octanol–water partition coefficient (Wildman–Crippen LogP) is 1.21. The van der Waals surface area contributed by atoms with Gasteiger partial charge in [0.25, 0.3) is 0 Å². The lowest BCUT2D eigenvalue weighted by Crippen LogP contribution is -2.49. The Hall–Kier alpha value is -2.25. The molecule has 3 N–H and O–H groups in total. The van der Waals surface area contributed by atoms with Gasteiger partial charge in [-0.1, -0.05) is 0 Å². The van der Waals surface area contributed by atoms with E-state index in [0.29, 0.717) is 19.5 Å². The lowest BCUT2D eigenvalue weighted by Gasteiger charge is -2.38. The van der Waals surface area contributed by atoms with Crippen LogP contribution in [0, 0.1) is 5.82 Å². The summed E-state index contributed by atoms with van der Waals surface area (Å²) in [5.41, 5.74) is 5.89. The largest absolute Gasteiger partial charge is 0.388 e. The first-order chi connectivity index (χ1) is 11.5. The number of amides is 1. The molecule has 0 aliphatic carbocycles. The number of hydrogen-bond acceptors (Lipinski definition) is 4. The first-order valence-electron chi connectivity index (χ1n) is 7.97. The van der Waals surface area contributed by atoms with E-state index in [1.165, 1.54) is 12.1 Å². The van der Waals surface area contributed by atoms with Gasteiger partial charge < -0.3 is 10.8 Å². The first kappa shape index (κ1) is 16.6. The molecule has 1 amide bonds. The second kappa shape index (κ2) is 6.70. The van der Waals surface area contributed by atoms with Crippen LogP contribution in [0.25, 0.3) is 5.69 Å². The number of aliphatic hydroxyl groups is 1.